The lowest BCUT2D eigenvalue weighted by molar-refractivity contribution is 0.104. The quantitative estimate of drug-likeness (QED) is 0.261. The Morgan fingerprint density at radius 3 is 2.38 bits per heavy atom. The van der Waals surface area contributed by atoms with E-state index in [9.17, 15) is 4.79 Å². The fraction of sp³-hybridized carbons (Fsp3) is 0.0952. The summed E-state index contributed by atoms with van der Waals surface area (Å²) in [6.07, 6.45) is 9.86. The van der Waals surface area contributed by atoms with Gasteiger partial charge in [-0.3, -0.25) is 4.79 Å². The average Bonchev–Trinajstić information content (AvgIpc) is 2.64. The van der Waals surface area contributed by atoms with E-state index in [1.54, 1.807) is 24.3 Å². The van der Waals surface area contributed by atoms with Crippen molar-refractivity contribution in [2.45, 2.75) is 0 Å². The van der Waals surface area contributed by atoms with Crippen molar-refractivity contribution in [3.63, 3.8) is 0 Å². The van der Waals surface area contributed by atoms with Gasteiger partial charge in [-0.2, -0.15) is 0 Å². The first-order chi connectivity index (χ1) is 12.5. The second kappa shape index (κ2) is 9.72. The highest BCUT2D eigenvalue weighted by molar-refractivity contribution is 6.37. The normalized spacial score (nSPS) is 10.3. The van der Waals surface area contributed by atoms with Gasteiger partial charge in [0, 0.05) is 5.56 Å². The first kappa shape index (κ1) is 19.7. The lowest BCUT2D eigenvalue weighted by Crippen LogP contribution is -1.99. The third kappa shape index (κ3) is 5.42. The Kier molecular flexibility index (Phi) is 7.35. The van der Waals surface area contributed by atoms with Gasteiger partial charge in [0.25, 0.3) is 0 Å². The van der Waals surface area contributed by atoms with Crippen molar-refractivity contribution in [2.75, 3.05) is 13.2 Å². The molecule has 0 atom stereocenters. The molecule has 0 bridgehead atoms. The van der Waals surface area contributed by atoms with Crippen LogP contribution in [-0.4, -0.2) is 19.0 Å². The number of terminal acetylenes is 1. The number of hydrogen-bond donors (Lipinski definition) is 0. The van der Waals surface area contributed by atoms with E-state index in [0.29, 0.717) is 17.1 Å². The van der Waals surface area contributed by atoms with Gasteiger partial charge in [-0.25, -0.2) is 0 Å². The van der Waals surface area contributed by atoms with Gasteiger partial charge >= 0.3 is 0 Å². The Balaban J connectivity index is 2.10. The van der Waals surface area contributed by atoms with Crippen LogP contribution in [0.25, 0.3) is 6.08 Å². The molecule has 0 aliphatic rings. The summed E-state index contributed by atoms with van der Waals surface area (Å²) in [5, 5.41) is 0.539. The van der Waals surface area contributed by atoms with Crippen LogP contribution in [0, 0.1) is 12.3 Å². The highest BCUT2D eigenvalue weighted by Crippen LogP contribution is 2.34. The van der Waals surface area contributed by atoms with Crippen LogP contribution in [-0.2, 0) is 0 Å². The largest absolute Gasteiger partial charge is 0.486 e. The Bertz CT molecular complexity index is 839. The monoisotopic (exact) mass is 386 g/mol. The lowest BCUT2D eigenvalue weighted by atomic mass is 10.1. The van der Waals surface area contributed by atoms with Gasteiger partial charge in [0.2, 0.25) is 0 Å². The first-order valence-electron chi connectivity index (χ1n) is 7.66. The zero-order chi connectivity index (χ0) is 18.9. The van der Waals surface area contributed by atoms with E-state index in [4.69, 9.17) is 39.1 Å². The maximum Gasteiger partial charge on any atom is 0.185 e. The number of rotatable bonds is 8. The zero-order valence-corrected chi connectivity index (χ0v) is 15.4. The summed E-state index contributed by atoms with van der Waals surface area (Å²) in [5.41, 5.74) is 1.21. The predicted octanol–water partition coefficient (Wildman–Crippen LogP) is 5.47. The SMILES string of the molecule is C#CCOc1ccc(/C=C/C(=O)c2cc(Cl)c(OCC=C)c(Cl)c2)cc1. The molecule has 0 aliphatic heterocycles. The van der Waals surface area contributed by atoms with Crippen LogP contribution in [0.3, 0.4) is 0 Å². The van der Waals surface area contributed by atoms with Crippen molar-refractivity contribution in [2.24, 2.45) is 0 Å². The topological polar surface area (TPSA) is 35.5 Å². The summed E-state index contributed by atoms with van der Waals surface area (Å²) < 4.78 is 10.7. The van der Waals surface area contributed by atoms with Crippen molar-refractivity contribution in [1.82, 2.24) is 0 Å². The molecule has 2 rings (SSSR count). The predicted molar refractivity (Wildman–Crippen MR) is 106 cm³/mol. The maximum absolute atomic E-state index is 12.3. The summed E-state index contributed by atoms with van der Waals surface area (Å²) in [6, 6.07) is 10.2. The first-order valence-corrected chi connectivity index (χ1v) is 8.42. The molecule has 26 heavy (non-hydrogen) atoms. The fourth-order valence-electron chi connectivity index (χ4n) is 2.05. The van der Waals surface area contributed by atoms with Crippen LogP contribution in [0.2, 0.25) is 10.0 Å². The van der Waals surface area contributed by atoms with E-state index >= 15 is 0 Å². The van der Waals surface area contributed by atoms with E-state index in [-0.39, 0.29) is 29.0 Å². The molecule has 0 amide bonds. The second-order valence-corrected chi connectivity index (χ2v) is 5.94. The standard InChI is InChI=1S/C21H16Cl2O3/c1-3-11-25-17-8-5-15(6-9-17)7-10-20(24)16-13-18(22)21(19(23)14-16)26-12-4-2/h1,4-10,13-14H,2,11-12H2/b10-7+. The molecule has 5 heteroatoms. The summed E-state index contributed by atoms with van der Waals surface area (Å²) in [4.78, 5) is 12.3. The number of ether oxygens (including phenoxy) is 2. The molecule has 0 saturated heterocycles. The molecule has 0 N–H and O–H groups in total. The number of carbonyl (C=O) groups is 1. The van der Waals surface area contributed by atoms with Crippen LogP contribution < -0.4 is 9.47 Å². The molecule has 0 fully saturated rings. The molecule has 2 aromatic rings. The van der Waals surface area contributed by atoms with Gasteiger partial charge in [0.15, 0.2) is 11.5 Å². The van der Waals surface area contributed by atoms with Gasteiger partial charge < -0.3 is 9.47 Å². The summed E-state index contributed by atoms with van der Waals surface area (Å²) in [5.74, 6) is 3.17. The Labute approximate surface area is 162 Å². The number of allylic oxidation sites excluding steroid dienone is 1. The van der Waals surface area contributed by atoms with E-state index in [1.165, 1.54) is 18.2 Å². The third-order valence-electron chi connectivity index (χ3n) is 3.26. The van der Waals surface area contributed by atoms with Gasteiger partial charge in [0.05, 0.1) is 10.0 Å². The van der Waals surface area contributed by atoms with Gasteiger partial charge in [-0.1, -0.05) is 60.0 Å². The van der Waals surface area contributed by atoms with Crippen LogP contribution in [0.15, 0.2) is 55.1 Å². The highest BCUT2D eigenvalue weighted by atomic mass is 35.5. The molecule has 2 aromatic carbocycles. The molecule has 132 valence electrons. The Hall–Kier alpha value is -2.67. The number of carbonyl (C=O) groups excluding carboxylic acids is 1. The highest BCUT2D eigenvalue weighted by Gasteiger charge is 2.12. The van der Waals surface area contributed by atoms with Crippen molar-refractivity contribution >= 4 is 35.1 Å². The molecular weight excluding hydrogens is 371 g/mol. The van der Waals surface area contributed by atoms with Gasteiger partial charge in [-0.15, -0.1) is 6.42 Å². The van der Waals surface area contributed by atoms with Gasteiger partial charge in [0.1, 0.15) is 19.0 Å². The number of halogens is 2. The van der Waals surface area contributed by atoms with E-state index in [2.05, 4.69) is 12.5 Å². The van der Waals surface area contributed by atoms with Crippen LogP contribution in [0.1, 0.15) is 15.9 Å². The number of ketones is 1. The fourth-order valence-corrected chi connectivity index (χ4v) is 2.65. The molecule has 0 heterocycles. The number of hydrogen-bond acceptors (Lipinski definition) is 3. The van der Waals surface area contributed by atoms with Crippen LogP contribution in [0.5, 0.6) is 11.5 Å². The van der Waals surface area contributed by atoms with Crippen molar-refractivity contribution < 1.29 is 14.3 Å². The van der Waals surface area contributed by atoms with Crippen LogP contribution in [0.4, 0.5) is 0 Å². The number of benzene rings is 2. The summed E-state index contributed by atoms with van der Waals surface area (Å²) in [6.45, 7) is 4.04. The maximum atomic E-state index is 12.3. The summed E-state index contributed by atoms with van der Waals surface area (Å²) >= 11 is 12.3. The molecule has 0 spiro atoms. The minimum absolute atomic E-state index is 0.210. The molecule has 0 radical (unpaired) electrons. The average molecular weight is 387 g/mol. The van der Waals surface area contributed by atoms with Crippen molar-refractivity contribution in [1.29, 1.82) is 0 Å². The zero-order valence-electron chi connectivity index (χ0n) is 13.9. The van der Waals surface area contributed by atoms with E-state index < -0.39 is 0 Å². The molecule has 3 nitrogen and oxygen atoms in total. The van der Waals surface area contributed by atoms with Crippen LogP contribution >= 0.6 is 23.2 Å². The molecule has 0 unspecified atom stereocenters. The molecule has 0 aliphatic carbocycles. The molecular formula is C21H16Cl2O3. The molecule has 0 saturated carbocycles. The Morgan fingerprint density at radius 1 is 1.15 bits per heavy atom. The second-order valence-electron chi connectivity index (χ2n) is 5.13. The minimum atomic E-state index is -0.225. The van der Waals surface area contributed by atoms with E-state index in [1.807, 2.05) is 12.1 Å². The smallest absolute Gasteiger partial charge is 0.185 e. The Morgan fingerprint density at radius 2 is 1.81 bits per heavy atom. The van der Waals surface area contributed by atoms with Crippen molar-refractivity contribution in [3.8, 4) is 23.8 Å². The lowest BCUT2D eigenvalue weighted by Gasteiger charge is -2.09. The minimum Gasteiger partial charge on any atom is -0.486 e. The van der Waals surface area contributed by atoms with Crippen molar-refractivity contribution in [3.05, 3.63) is 76.3 Å². The van der Waals surface area contributed by atoms with E-state index in [0.717, 1.165) is 5.56 Å². The molecule has 0 aromatic heterocycles. The van der Waals surface area contributed by atoms with Gasteiger partial charge in [-0.05, 0) is 35.9 Å². The summed E-state index contributed by atoms with van der Waals surface area (Å²) in [7, 11) is 0. The third-order valence-corrected chi connectivity index (χ3v) is 3.82.